The zero-order valence-electron chi connectivity index (χ0n) is 1.82. The van der Waals surface area contributed by atoms with Gasteiger partial charge in [-0.15, -0.1) is 0 Å². The van der Waals surface area contributed by atoms with E-state index in [9.17, 15) is 0 Å². The minimum atomic E-state index is -2.27. The van der Waals surface area contributed by atoms with Gasteiger partial charge in [-0.1, -0.05) is 0 Å². The zero-order chi connectivity index (χ0) is 2.71. The summed E-state index contributed by atoms with van der Waals surface area (Å²) in [5, 5.41) is 0. The molecule has 0 fully saturated rings. The van der Waals surface area contributed by atoms with Crippen molar-refractivity contribution in [1.29, 1.82) is 0 Å². The molecule has 0 rings (SSSR count). The molecule has 0 saturated heterocycles. The summed E-state index contributed by atoms with van der Waals surface area (Å²) < 4.78 is 17.1. The van der Waals surface area contributed by atoms with Gasteiger partial charge in [-0.3, -0.25) is 0 Å². The van der Waals surface area contributed by atoms with Crippen LogP contribution in [0.3, 0.4) is 0 Å². The van der Waals surface area contributed by atoms with Crippen LogP contribution < -0.4 is 0 Å². The van der Waals surface area contributed by atoms with Crippen molar-refractivity contribution in [2.24, 2.45) is 0 Å². The molecule has 0 spiro atoms. The van der Waals surface area contributed by atoms with E-state index in [4.69, 9.17) is 6.15 Å². The Hall–Kier alpha value is 1.20. The molecule has 2 nitrogen and oxygen atoms in total. The molecule has 0 saturated carbocycles. The van der Waals surface area contributed by atoms with Crippen LogP contribution in [0.2, 0.25) is 0 Å². The summed E-state index contributed by atoms with van der Waals surface area (Å²) in [6, 6.07) is 0. The molecule has 4 heavy (non-hydrogen) atoms. The Morgan fingerprint density at radius 3 is 1.25 bits per heavy atom. The Morgan fingerprint density at radius 1 is 1.25 bits per heavy atom. The summed E-state index contributed by atoms with van der Waals surface area (Å²) in [6.45, 7) is 0. The molecular formula is O2Sn2+2. The van der Waals surface area contributed by atoms with Gasteiger partial charge >= 0.3 is 51.2 Å². The zero-order valence-corrected chi connectivity index (χ0v) is 7.52. The van der Waals surface area contributed by atoms with E-state index in [1.54, 1.807) is 0 Å². The summed E-state index contributed by atoms with van der Waals surface area (Å²) in [4.78, 5) is 0. The Morgan fingerprint density at radius 2 is 1.25 bits per heavy atom. The first-order valence-electron chi connectivity index (χ1n) is 0.408. The third-order valence-electron chi connectivity index (χ3n) is 0. The maximum Gasteiger partial charge on any atom is 2.00 e. The molecule has 0 aliphatic rings. The molecule has 0 N–H and O–H groups in total. The van der Waals surface area contributed by atoms with Gasteiger partial charge in [0.2, 0.25) is 0 Å². The predicted octanol–water partition coefficient (Wildman–Crippen LogP) is -0.999. The van der Waals surface area contributed by atoms with Crippen molar-refractivity contribution in [1.82, 2.24) is 0 Å². The van der Waals surface area contributed by atoms with Crippen LogP contribution in [0.5, 0.6) is 0 Å². The average Bonchev–Trinajstić information content (AvgIpc) is 0.918. The first-order chi connectivity index (χ1) is 1.41. The van der Waals surface area contributed by atoms with Crippen molar-refractivity contribution in [2.45, 2.75) is 0 Å². The van der Waals surface area contributed by atoms with Gasteiger partial charge in [0.15, 0.2) is 0 Å². The number of hydrogen-bond donors (Lipinski definition) is 0. The molecule has 0 aromatic heterocycles. The van der Waals surface area contributed by atoms with E-state index in [2.05, 4.69) is 0 Å². The molecule has 0 unspecified atom stereocenters. The van der Waals surface area contributed by atoms with Gasteiger partial charge in [0.25, 0.3) is 0 Å². The second-order valence-electron chi connectivity index (χ2n) is 0.0833. The standard InChI is InChI=1S/2O.2Sn/q;;;+2. The van der Waals surface area contributed by atoms with Gasteiger partial charge in [-0.05, 0) is 0 Å². The van der Waals surface area contributed by atoms with E-state index in [0.29, 0.717) is 0 Å². The fourth-order valence-electron chi connectivity index (χ4n) is 0. The molecule has 0 aliphatic carbocycles. The van der Waals surface area contributed by atoms with Crippen molar-refractivity contribution >= 4 is 45.0 Å². The fourth-order valence-corrected chi connectivity index (χ4v) is 0. The Balaban J connectivity index is 0. The fraction of sp³-hybridized carbons (Fsp3) is 0. The number of rotatable bonds is 0. The molecule has 0 bridgehead atoms. The van der Waals surface area contributed by atoms with Gasteiger partial charge in [0.1, 0.15) is 0 Å². The maximum absolute atomic E-state index is 8.54. The minimum Gasteiger partial charge on any atom is 2.00 e. The van der Waals surface area contributed by atoms with E-state index < -0.39 is 21.1 Å². The smallest absolute Gasteiger partial charge is 2.00 e. The molecule has 0 aromatic rings. The molecule has 0 aromatic carbocycles. The quantitative estimate of drug-likeness (QED) is 0.529. The summed E-state index contributed by atoms with van der Waals surface area (Å²) in [5.74, 6) is 0. The van der Waals surface area contributed by atoms with Crippen LogP contribution in [-0.4, -0.2) is 45.0 Å². The van der Waals surface area contributed by atoms with Crippen molar-refractivity contribution in [3.8, 4) is 0 Å². The summed E-state index contributed by atoms with van der Waals surface area (Å²) >= 11 is -2.27. The van der Waals surface area contributed by atoms with Gasteiger partial charge in [-0.2, -0.15) is 0 Å². The molecule has 0 heterocycles. The third kappa shape index (κ3) is 10.8. The van der Waals surface area contributed by atoms with Crippen molar-refractivity contribution in [2.75, 3.05) is 0 Å². The van der Waals surface area contributed by atoms with Crippen LogP contribution in [0.25, 0.3) is 0 Å². The second-order valence-corrected chi connectivity index (χ2v) is 0.559. The second kappa shape index (κ2) is 8.89. The third-order valence-corrected chi connectivity index (χ3v) is 0. The molecule has 0 atom stereocenters. The van der Waals surface area contributed by atoms with Crippen LogP contribution in [0, 0.1) is 0 Å². The van der Waals surface area contributed by atoms with E-state index >= 15 is 0 Å². The Labute approximate surface area is 50.9 Å². The van der Waals surface area contributed by atoms with E-state index in [1.807, 2.05) is 0 Å². The van der Waals surface area contributed by atoms with Crippen LogP contribution in [-0.2, 0) is 6.15 Å². The van der Waals surface area contributed by atoms with Crippen molar-refractivity contribution in [3.63, 3.8) is 0 Å². The van der Waals surface area contributed by atoms with Crippen molar-refractivity contribution < 1.29 is 6.15 Å². The van der Waals surface area contributed by atoms with Gasteiger partial charge in [-0.25, -0.2) is 0 Å². The van der Waals surface area contributed by atoms with Gasteiger partial charge in [0, 0.05) is 0 Å². The molecule has 18 valence electrons. The largest absolute Gasteiger partial charge is 2.00 e. The minimum absolute atomic E-state index is 0. The normalized spacial score (nSPS) is 2.00. The monoisotopic (exact) mass is 272 g/mol. The first kappa shape index (κ1) is 8.96. The van der Waals surface area contributed by atoms with E-state index in [0.717, 1.165) is 0 Å². The SMILES string of the molecule is [O]=[Sn]=[O].[Sn+2]. The van der Waals surface area contributed by atoms with Crippen LogP contribution in [0.1, 0.15) is 0 Å². The maximum atomic E-state index is 8.54. The topological polar surface area (TPSA) is 34.1 Å². The molecule has 0 amide bonds. The van der Waals surface area contributed by atoms with E-state index in [1.165, 1.54) is 0 Å². The molecule has 4 heteroatoms. The van der Waals surface area contributed by atoms with Crippen LogP contribution in [0.4, 0.5) is 0 Å². The molecular weight excluding hydrogens is 269 g/mol. The van der Waals surface area contributed by atoms with Gasteiger partial charge < -0.3 is 0 Å². The Bertz CT molecular complexity index is 25.0. The first-order valence-corrected chi connectivity index (χ1v) is 2.74. The Kier molecular flexibility index (Phi) is 19.9. The summed E-state index contributed by atoms with van der Waals surface area (Å²) in [5.41, 5.74) is 0. The molecule has 2 radical (unpaired) electrons. The average molecular weight is 269 g/mol. The van der Waals surface area contributed by atoms with Crippen LogP contribution >= 0.6 is 0 Å². The number of hydrogen-bond acceptors (Lipinski definition) is 2. The van der Waals surface area contributed by atoms with Crippen molar-refractivity contribution in [3.05, 3.63) is 0 Å². The van der Waals surface area contributed by atoms with E-state index in [-0.39, 0.29) is 23.9 Å². The predicted molar refractivity (Wildman–Crippen MR) is 12.9 cm³/mol. The van der Waals surface area contributed by atoms with Gasteiger partial charge in [0.05, 0.1) is 0 Å². The summed E-state index contributed by atoms with van der Waals surface area (Å²) in [6.07, 6.45) is 0. The summed E-state index contributed by atoms with van der Waals surface area (Å²) in [7, 11) is 0. The van der Waals surface area contributed by atoms with Crippen LogP contribution in [0.15, 0.2) is 0 Å². The molecule has 0 aliphatic heterocycles.